The summed E-state index contributed by atoms with van der Waals surface area (Å²) in [7, 11) is 0. The third kappa shape index (κ3) is 2.96. The average Bonchev–Trinajstić information content (AvgIpc) is 2.73. The molecule has 90 valence electrons. The van der Waals surface area contributed by atoms with Gasteiger partial charge < -0.3 is 4.74 Å². The highest BCUT2D eigenvalue weighted by atomic mass is 16.5. The summed E-state index contributed by atoms with van der Waals surface area (Å²) in [5, 5.41) is 4.07. The number of aryl methyl sites for hydroxylation is 1. The van der Waals surface area contributed by atoms with E-state index in [0.29, 0.717) is 5.75 Å². The van der Waals surface area contributed by atoms with Crippen LogP contribution in [0.15, 0.2) is 12.4 Å². The van der Waals surface area contributed by atoms with Crippen molar-refractivity contribution in [2.24, 2.45) is 11.3 Å². The first-order valence-corrected chi connectivity index (χ1v) is 5.16. The van der Waals surface area contributed by atoms with Crippen LogP contribution in [0.3, 0.4) is 0 Å². The van der Waals surface area contributed by atoms with E-state index >= 15 is 0 Å². The lowest BCUT2D eigenvalue weighted by atomic mass is 9.94. The summed E-state index contributed by atoms with van der Waals surface area (Å²) in [5.41, 5.74) is 1.45. The van der Waals surface area contributed by atoms with E-state index in [1.54, 1.807) is 30.9 Å². The van der Waals surface area contributed by atoms with Crippen LogP contribution in [0.25, 0.3) is 0 Å². The molecule has 0 spiro atoms. The fraction of sp³-hybridized carbons (Fsp3) is 0.600. The summed E-state index contributed by atoms with van der Waals surface area (Å²) >= 11 is 0. The van der Waals surface area contributed by atoms with Gasteiger partial charge in [0, 0.05) is 6.54 Å². The number of ether oxygens (including phenoxy) is 1. The number of aromatic nitrogens is 2. The molecular formula is C10H18N4O2. The maximum atomic E-state index is 11.4. The van der Waals surface area contributed by atoms with Gasteiger partial charge in [-0.25, -0.2) is 5.84 Å². The maximum Gasteiger partial charge on any atom is 0.242 e. The number of nitrogens with one attached hydrogen (secondary N) is 1. The van der Waals surface area contributed by atoms with Crippen molar-refractivity contribution in [3.8, 4) is 5.75 Å². The Hall–Kier alpha value is -1.56. The van der Waals surface area contributed by atoms with Crippen LogP contribution in [0.4, 0.5) is 0 Å². The van der Waals surface area contributed by atoms with Crippen LogP contribution in [0.2, 0.25) is 0 Å². The molecule has 1 rings (SSSR count). The van der Waals surface area contributed by atoms with Gasteiger partial charge in [0.25, 0.3) is 0 Å². The average molecular weight is 226 g/mol. The van der Waals surface area contributed by atoms with E-state index in [4.69, 9.17) is 10.6 Å². The lowest BCUT2D eigenvalue weighted by molar-refractivity contribution is -0.130. The Morgan fingerprint density at radius 2 is 2.38 bits per heavy atom. The molecule has 1 amide bonds. The molecule has 0 aromatic carbocycles. The topological polar surface area (TPSA) is 82.2 Å². The van der Waals surface area contributed by atoms with Crippen molar-refractivity contribution in [3.63, 3.8) is 0 Å². The highest BCUT2D eigenvalue weighted by Crippen LogP contribution is 2.18. The predicted octanol–water partition coefficient (Wildman–Crippen LogP) is 0.298. The lowest BCUT2D eigenvalue weighted by Crippen LogP contribution is -2.44. The number of hydrogen-bond acceptors (Lipinski definition) is 4. The monoisotopic (exact) mass is 226 g/mol. The molecule has 1 aromatic heterocycles. The molecular weight excluding hydrogens is 208 g/mol. The van der Waals surface area contributed by atoms with Crippen LogP contribution >= 0.6 is 0 Å². The number of nitrogens with two attached hydrogens (primary N) is 1. The molecule has 6 nitrogen and oxygen atoms in total. The number of carbonyl (C=O) groups is 1. The first-order valence-electron chi connectivity index (χ1n) is 5.16. The minimum atomic E-state index is -0.664. The Balaban J connectivity index is 2.53. The van der Waals surface area contributed by atoms with Gasteiger partial charge in [-0.2, -0.15) is 5.10 Å². The minimum absolute atomic E-state index is 0.254. The van der Waals surface area contributed by atoms with Crippen LogP contribution in [0.5, 0.6) is 5.75 Å². The van der Waals surface area contributed by atoms with Gasteiger partial charge >= 0.3 is 0 Å². The Kier molecular flexibility index (Phi) is 3.89. The molecule has 0 fully saturated rings. The molecule has 0 bridgehead atoms. The van der Waals surface area contributed by atoms with Crippen LogP contribution < -0.4 is 16.0 Å². The molecule has 1 aromatic rings. The summed E-state index contributed by atoms with van der Waals surface area (Å²) in [6, 6.07) is 0. The SMILES string of the molecule is CCn1cc(OCC(C)(C)C(=O)NN)cn1. The van der Waals surface area contributed by atoms with Crippen LogP contribution in [0.1, 0.15) is 20.8 Å². The second-order valence-corrected chi connectivity index (χ2v) is 4.18. The van der Waals surface area contributed by atoms with Gasteiger partial charge in [-0.05, 0) is 20.8 Å². The number of hydrogen-bond donors (Lipinski definition) is 2. The maximum absolute atomic E-state index is 11.4. The van der Waals surface area contributed by atoms with Crippen LogP contribution in [-0.4, -0.2) is 22.3 Å². The van der Waals surface area contributed by atoms with E-state index in [9.17, 15) is 4.79 Å². The standard InChI is InChI=1S/C10H18N4O2/c1-4-14-6-8(5-12-14)16-7-10(2,3)9(15)13-11/h5-6H,4,7,11H2,1-3H3,(H,13,15). The molecule has 6 heteroatoms. The van der Waals surface area contributed by atoms with Gasteiger partial charge in [-0.1, -0.05) is 0 Å². The fourth-order valence-corrected chi connectivity index (χ4v) is 1.12. The van der Waals surface area contributed by atoms with E-state index in [2.05, 4.69) is 10.5 Å². The summed E-state index contributed by atoms with van der Waals surface area (Å²) < 4.78 is 7.23. The van der Waals surface area contributed by atoms with E-state index in [1.807, 2.05) is 6.92 Å². The van der Waals surface area contributed by atoms with E-state index in [0.717, 1.165) is 6.54 Å². The first kappa shape index (κ1) is 12.5. The van der Waals surface area contributed by atoms with Crippen molar-refractivity contribution in [1.29, 1.82) is 0 Å². The Labute approximate surface area is 94.7 Å². The molecule has 0 radical (unpaired) electrons. The summed E-state index contributed by atoms with van der Waals surface area (Å²) in [4.78, 5) is 11.4. The van der Waals surface area contributed by atoms with Gasteiger partial charge in [0.1, 0.15) is 6.61 Å². The molecule has 16 heavy (non-hydrogen) atoms. The van der Waals surface area contributed by atoms with Crippen molar-refractivity contribution in [1.82, 2.24) is 15.2 Å². The van der Waals surface area contributed by atoms with Crippen LogP contribution in [0, 0.1) is 5.41 Å². The molecule has 3 N–H and O–H groups in total. The second kappa shape index (κ2) is 4.98. The van der Waals surface area contributed by atoms with Crippen LogP contribution in [-0.2, 0) is 11.3 Å². The van der Waals surface area contributed by atoms with Crippen molar-refractivity contribution in [2.75, 3.05) is 6.61 Å². The molecule has 0 aliphatic carbocycles. The van der Waals surface area contributed by atoms with E-state index < -0.39 is 5.41 Å². The summed E-state index contributed by atoms with van der Waals surface area (Å²) in [5.74, 6) is 5.48. The molecule has 0 saturated heterocycles. The number of amides is 1. The van der Waals surface area contributed by atoms with E-state index in [-0.39, 0.29) is 12.5 Å². The molecule has 1 heterocycles. The van der Waals surface area contributed by atoms with Crippen molar-refractivity contribution in [2.45, 2.75) is 27.3 Å². The zero-order chi connectivity index (χ0) is 12.2. The van der Waals surface area contributed by atoms with Gasteiger partial charge in [-0.3, -0.25) is 14.9 Å². The minimum Gasteiger partial charge on any atom is -0.489 e. The molecule has 0 atom stereocenters. The van der Waals surface area contributed by atoms with Crippen molar-refractivity contribution >= 4 is 5.91 Å². The third-order valence-electron chi connectivity index (χ3n) is 2.28. The molecule has 0 saturated carbocycles. The second-order valence-electron chi connectivity index (χ2n) is 4.18. The highest BCUT2D eigenvalue weighted by Gasteiger charge is 2.28. The normalized spacial score (nSPS) is 11.2. The first-order chi connectivity index (χ1) is 7.49. The van der Waals surface area contributed by atoms with Crippen molar-refractivity contribution in [3.05, 3.63) is 12.4 Å². The fourth-order valence-electron chi connectivity index (χ4n) is 1.12. The zero-order valence-electron chi connectivity index (χ0n) is 9.86. The predicted molar refractivity (Wildman–Crippen MR) is 59.5 cm³/mol. The number of carbonyl (C=O) groups excluding carboxylic acids is 1. The van der Waals surface area contributed by atoms with Gasteiger partial charge in [0.2, 0.25) is 5.91 Å². The quantitative estimate of drug-likeness (QED) is 0.430. The Bertz CT molecular complexity index is 359. The van der Waals surface area contributed by atoms with Gasteiger partial charge in [0.15, 0.2) is 5.75 Å². The lowest BCUT2D eigenvalue weighted by Gasteiger charge is -2.21. The van der Waals surface area contributed by atoms with Crippen molar-refractivity contribution < 1.29 is 9.53 Å². The summed E-state index contributed by atoms with van der Waals surface area (Å²) in [6.07, 6.45) is 3.41. The Morgan fingerprint density at radius 3 is 2.88 bits per heavy atom. The zero-order valence-corrected chi connectivity index (χ0v) is 9.86. The number of nitrogens with zero attached hydrogens (tertiary/aromatic N) is 2. The number of rotatable bonds is 5. The van der Waals surface area contributed by atoms with Gasteiger partial charge in [0.05, 0.1) is 17.8 Å². The Morgan fingerprint density at radius 1 is 1.69 bits per heavy atom. The van der Waals surface area contributed by atoms with Gasteiger partial charge in [-0.15, -0.1) is 0 Å². The smallest absolute Gasteiger partial charge is 0.242 e. The molecule has 0 unspecified atom stereocenters. The highest BCUT2D eigenvalue weighted by molar-refractivity contribution is 5.81. The van der Waals surface area contributed by atoms with E-state index in [1.165, 1.54) is 0 Å². The summed E-state index contributed by atoms with van der Waals surface area (Å²) in [6.45, 7) is 6.56. The number of hydrazine groups is 1. The molecule has 0 aliphatic heterocycles. The molecule has 0 aliphatic rings. The third-order valence-corrected chi connectivity index (χ3v) is 2.28. The largest absolute Gasteiger partial charge is 0.489 e.